The molecule has 0 aliphatic heterocycles. The highest BCUT2D eigenvalue weighted by atomic mass is 16.5. The van der Waals surface area contributed by atoms with Crippen molar-refractivity contribution in [3.63, 3.8) is 0 Å². The van der Waals surface area contributed by atoms with E-state index in [1.54, 1.807) is 26.0 Å². The van der Waals surface area contributed by atoms with Gasteiger partial charge in [-0.05, 0) is 48.6 Å². The van der Waals surface area contributed by atoms with Gasteiger partial charge in [0.2, 0.25) is 11.8 Å². The molecule has 2 unspecified atom stereocenters. The number of anilines is 1. The first-order chi connectivity index (χ1) is 15.7. The number of carbonyl (C=O) groups is 4. The van der Waals surface area contributed by atoms with Crippen molar-refractivity contribution in [2.75, 3.05) is 12.4 Å². The van der Waals surface area contributed by atoms with Crippen LogP contribution >= 0.6 is 0 Å². The Labute approximate surface area is 193 Å². The van der Waals surface area contributed by atoms with Crippen LogP contribution in [0.5, 0.6) is 0 Å². The molecule has 0 bridgehead atoms. The van der Waals surface area contributed by atoms with E-state index in [-0.39, 0.29) is 12.3 Å². The number of ether oxygens (including phenoxy) is 1. The minimum atomic E-state index is -1.07. The first-order valence-corrected chi connectivity index (χ1v) is 10.8. The average molecular weight is 455 g/mol. The summed E-state index contributed by atoms with van der Waals surface area (Å²) in [5.74, 6) is -3.46. The van der Waals surface area contributed by atoms with Crippen molar-refractivity contribution in [1.29, 1.82) is 0 Å². The lowest BCUT2D eigenvalue weighted by Gasteiger charge is -2.24. The molecule has 0 heterocycles. The van der Waals surface area contributed by atoms with Crippen LogP contribution in [0.15, 0.2) is 54.6 Å². The molecular weight excluding hydrogens is 424 g/mol. The van der Waals surface area contributed by atoms with Crippen LogP contribution in [0.3, 0.4) is 0 Å². The van der Waals surface area contributed by atoms with Gasteiger partial charge in [0.05, 0.1) is 19.1 Å². The Morgan fingerprint density at radius 2 is 1.58 bits per heavy atom. The Morgan fingerprint density at radius 1 is 0.939 bits per heavy atom. The third-order valence-electron chi connectivity index (χ3n) is 5.24. The van der Waals surface area contributed by atoms with Gasteiger partial charge in [-0.25, -0.2) is 4.79 Å². The number of rotatable bonds is 11. The number of nitrogens with one attached hydrogen (secondary N) is 2. The normalized spacial score (nSPS) is 12.5. The Morgan fingerprint density at radius 3 is 2.12 bits per heavy atom. The van der Waals surface area contributed by atoms with Gasteiger partial charge in [-0.15, -0.1) is 0 Å². The summed E-state index contributed by atoms with van der Waals surface area (Å²) >= 11 is 0. The van der Waals surface area contributed by atoms with E-state index in [1.165, 1.54) is 19.2 Å². The summed E-state index contributed by atoms with van der Waals surface area (Å²) in [4.78, 5) is 48.6. The zero-order valence-corrected chi connectivity index (χ0v) is 19.0. The number of carboxylic acid groups (broad SMARTS) is 1. The van der Waals surface area contributed by atoms with Gasteiger partial charge in [-0.3, -0.25) is 14.4 Å². The van der Waals surface area contributed by atoms with Crippen LogP contribution < -0.4 is 10.6 Å². The molecule has 0 saturated heterocycles. The lowest BCUT2D eigenvalue weighted by atomic mass is 9.94. The molecule has 3 N–H and O–H groups in total. The second-order valence-electron chi connectivity index (χ2n) is 8.11. The van der Waals surface area contributed by atoms with Gasteiger partial charge in [0.1, 0.15) is 6.04 Å². The van der Waals surface area contributed by atoms with Crippen molar-refractivity contribution in [3.8, 4) is 0 Å². The monoisotopic (exact) mass is 454 g/mol. The minimum absolute atomic E-state index is 0.233. The second kappa shape index (κ2) is 12.4. The highest BCUT2D eigenvalue weighted by Gasteiger charge is 2.29. The van der Waals surface area contributed by atoms with Gasteiger partial charge in [0.25, 0.3) is 0 Å². The van der Waals surface area contributed by atoms with Crippen molar-refractivity contribution in [3.05, 3.63) is 65.7 Å². The number of hydrogen-bond acceptors (Lipinski definition) is 5. The van der Waals surface area contributed by atoms with Crippen LogP contribution in [0.2, 0.25) is 0 Å². The zero-order chi connectivity index (χ0) is 24.4. The maximum absolute atomic E-state index is 12.9. The fraction of sp³-hybridized carbons (Fsp3) is 0.360. The molecule has 2 aromatic rings. The fourth-order valence-corrected chi connectivity index (χ4v) is 3.36. The summed E-state index contributed by atoms with van der Waals surface area (Å²) in [7, 11) is 1.28. The van der Waals surface area contributed by atoms with Crippen LogP contribution in [0.1, 0.15) is 42.6 Å². The molecule has 8 heteroatoms. The number of hydrogen-bond donors (Lipinski definition) is 3. The molecule has 176 valence electrons. The smallest absolute Gasteiger partial charge is 0.337 e. The standard InChI is InChI=1S/C25H30N2O6/c1-16(2)22(24(31)26-20-13-11-18(12-14-20)25(32)33-3)27-23(30)19(15-21(28)29)10-9-17-7-5-4-6-8-17/h4-8,11-14,16,19,22H,9-10,15H2,1-3H3,(H,26,31)(H,27,30)(H,28,29). The SMILES string of the molecule is COC(=O)c1ccc(NC(=O)C(NC(=O)C(CCc2ccccc2)CC(=O)O)C(C)C)cc1. The number of methoxy groups -OCH3 is 1. The first-order valence-electron chi connectivity index (χ1n) is 10.8. The highest BCUT2D eigenvalue weighted by Crippen LogP contribution is 2.17. The molecule has 0 spiro atoms. The van der Waals surface area contributed by atoms with Crippen LogP contribution in [0.25, 0.3) is 0 Å². The van der Waals surface area contributed by atoms with Crippen molar-refractivity contribution in [2.45, 2.75) is 39.2 Å². The number of aryl methyl sites for hydroxylation is 1. The number of aliphatic carboxylic acids is 1. The van der Waals surface area contributed by atoms with Crippen LogP contribution in [0.4, 0.5) is 5.69 Å². The van der Waals surface area contributed by atoms with Gasteiger partial charge < -0.3 is 20.5 Å². The number of amides is 2. The number of carboxylic acids is 1. The molecule has 0 radical (unpaired) electrons. The molecular formula is C25H30N2O6. The maximum Gasteiger partial charge on any atom is 0.337 e. The molecule has 2 amide bonds. The molecule has 0 aliphatic rings. The molecule has 2 atom stereocenters. The van der Waals surface area contributed by atoms with Crippen molar-refractivity contribution in [1.82, 2.24) is 5.32 Å². The Balaban J connectivity index is 2.06. The summed E-state index contributed by atoms with van der Waals surface area (Å²) < 4.78 is 4.65. The Bertz CT molecular complexity index is 957. The van der Waals surface area contributed by atoms with E-state index in [1.807, 2.05) is 30.3 Å². The summed E-state index contributed by atoms with van der Waals surface area (Å²) in [5, 5.41) is 14.7. The first kappa shape index (κ1) is 25.6. The van der Waals surface area contributed by atoms with Gasteiger partial charge in [-0.2, -0.15) is 0 Å². The molecule has 2 aromatic carbocycles. The summed E-state index contributed by atoms with van der Waals surface area (Å²) in [6, 6.07) is 14.8. The van der Waals surface area contributed by atoms with E-state index in [0.717, 1.165) is 5.56 Å². The van der Waals surface area contributed by atoms with Gasteiger partial charge in [0, 0.05) is 11.6 Å². The van der Waals surface area contributed by atoms with E-state index < -0.39 is 35.7 Å². The molecule has 0 fully saturated rings. The summed E-state index contributed by atoms with van der Waals surface area (Å²) in [6.45, 7) is 3.59. The van der Waals surface area contributed by atoms with Gasteiger partial charge in [0.15, 0.2) is 0 Å². The predicted molar refractivity (Wildman–Crippen MR) is 124 cm³/mol. The topological polar surface area (TPSA) is 122 Å². The quantitative estimate of drug-likeness (QED) is 0.448. The Hall–Kier alpha value is -3.68. The lowest BCUT2D eigenvalue weighted by Crippen LogP contribution is -2.49. The summed E-state index contributed by atoms with van der Waals surface area (Å²) in [6.07, 6.45) is 0.584. The highest BCUT2D eigenvalue weighted by molar-refractivity contribution is 5.98. The third kappa shape index (κ3) is 8.07. The van der Waals surface area contributed by atoms with Crippen LogP contribution in [-0.2, 0) is 25.5 Å². The largest absolute Gasteiger partial charge is 0.481 e. The van der Waals surface area contributed by atoms with E-state index in [2.05, 4.69) is 15.4 Å². The van der Waals surface area contributed by atoms with E-state index in [9.17, 15) is 24.3 Å². The van der Waals surface area contributed by atoms with Gasteiger partial charge in [-0.1, -0.05) is 44.2 Å². The Kier molecular flexibility index (Phi) is 9.60. The van der Waals surface area contributed by atoms with E-state index >= 15 is 0 Å². The van der Waals surface area contributed by atoms with E-state index in [0.29, 0.717) is 24.1 Å². The number of benzene rings is 2. The van der Waals surface area contributed by atoms with Crippen molar-refractivity contribution in [2.24, 2.45) is 11.8 Å². The predicted octanol–water partition coefficient (Wildman–Crippen LogP) is 3.28. The number of esters is 1. The molecule has 0 aliphatic carbocycles. The second-order valence-corrected chi connectivity index (χ2v) is 8.11. The maximum atomic E-state index is 12.9. The van der Waals surface area contributed by atoms with Crippen molar-refractivity contribution < 1.29 is 29.0 Å². The molecule has 8 nitrogen and oxygen atoms in total. The molecule has 33 heavy (non-hydrogen) atoms. The average Bonchev–Trinajstić information content (AvgIpc) is 2.80. The lowest BCUT2D eigenvalue weighted by molar-refractivity contribution is -0.141. The van der Waals surface area contributed by atoms with Crippen LogP contribution in [-0.4, -0.2) is 42.0 Å². The van der Waals surface area contributed by atoms with Crippen molar-refractivity contribution >= 4 is 29.4 Å². The molecule has 2 rings (SSSR count). The van der Waals surface area contributed by atoms with Gasteiger partial charge >= 0.3 is 11.9 Å². The fourth-order valence-electron chi connectivity index (χ4n) is 3.36. The third-order valence-corrected chi connectivity index (χ3v) is 5.24. The molecule has 0 aromatic heterocycles. The molecule has 0 saturated carbocycles. The van der Waals surface area contributed by atoms with Crippen LogP contribution in [0, 0.1) is 11.8 Å². The number of carbonyl (C=O) groups excluding carboxylic acids is 3. The van der Waals surface area contributed by atoms with E-state index in [4.69, 9.17) is 0 Å². The zero-order valence-electron chi connectivity index (χ0n) is 19.0. The summed E-state index contributed by atoms with van der Waals surface area (Å²) in [5.41, 5.74) is 1.81. The minimum Gasteiger partial charge on any atom is -0.481 e.